The van der Waals surface area contributed by atoms with Gasteiger partial charge in [0.05, 0.1) is 11.3 Å². The molecule has 1 aromatic heterocycles. The Morgan fingerprint density at radius 3 is 1.60 bits per heavy atom. The molecule has 2 nitrogen and oxygen atoms in total. The molecule has 0 saturated heterocycles. The van der Waals surface area contributed by atoms with Crippen molar-refractivity contribution in [2.45, 2.75) is 0 Å². The molecule has 0 amide bonds. The highest BCUT2D eigenvalue weighted by atomic mass is 16.1. The van der Waals surface area contributed by atoms with E-state index >= 15 is 0 Å². The quantitative estimate of drug-likeness (QED) is 0.540. The molecular formula is C23H17NO. The van der Waals surface area contributed by atoms with Crippen molar-refractivity contribution < 1.29 is 0 Å². The number of aromatic amines is 1. The molecule has 3 aromatic carbocycles. The molecule has 25 heavy (non-hydrogen) atoms. The predicted octanol–water partition coefficient (Wildman–Crippen LogP) is 5.38. The van der Waals surface area contributed by atoms with Gasteiger partial charge in [0.25, 0.3) is 0 Å². The molecule has 2 heteroatoms. The Morgan fingerprint density at radius 1 is 0.560 bits per heavy atom. The number of nitrogens with one attached hydrogen (secondary N) is 1. The van der Waals surface area contributed by atoms with Crippen molar-refractivity contribution in [2.24, 2.45) is 0 Å². The first-order chi connectivity index (χ1) is 12.3. The minimum atomic E-state index is 0.0370. The van der Waals surface area contributed by atoms with Gasteiger partial charge in [-0.05, 0) is 16.7 Å². The van der Waals surface area contributed by atoms with E-state index in [0.717, 1.165) is 22.4 Å². The van der Waals surface area contributed by atoms with E-state index in [0.29, 0.717) is 11.1 Å². The number of pyridine rings is 1. The summed E-state index contributed by atoms with van der Waals surface area (Å²) >= 11 is 0. The molecular weight excluding hydrogens is 306 g/mol. The lowest BCUT2D eigenvalue weighted by Crippen LogP contribution is -2.11. The van der Waals surface area contributed by atoms with Crippen molar-refractivity contribution in [1.29, 1.82) is 0 Å². The summed E-state index contributed by atoms with van der Waals surface area (Å²) in [7, 11) is 0. The van der Waals surface area contributed by atoms with Crippen LogP contribution in [0.4, 0.5) is 0 Å². The van der Waals surface area contributed by atoms with Crippen molar-refractivity contribution in [3.8, 4) is 33.5 Å². The SMILES string of the molecule is O=c1c(-c2ccccc2)c[nH]c(-c2ccccc2)c1-c1ccccc1. The van der Waals surface area contributed by atoms with Gasteiger partial charge in [0.15, 0.2) is 5.43 Å². The second kappa shape index (κ2) is 6.62. The molecule has 4 aromatic rings. The number of aromatic nitrogens is 1. The second-order valence-electron chi connectivity index (χ2n) is 5.88. The third-order valence-corrected chi connectivity index (χ3v) is 4.29. The molecule has 0 aliphatic rings. The molecule has 4 rings (SSSR count). The summed E-state index contributed by atoms with van der Waals surface area (Å²) in [4.78, 5) is 16.7. The molecule has 0 spiro atoms. The van der Waals surface area contributed by atoms with Gasteiger partial charge in [0, 0.05) is 11.8 Å². The number of rotatable bonds is 3. The van der Waals surface area contributed by atoms with Crippen LogP contribution in [0.3, 0.4) is 0 Å². The number of H-pyrrole nitrogens is 1. The summed E-state index contributed by atoms with van der Waals surface area (Å²) in [5.74, 6) is 0. The van der Waals surface area contributed by atoms with E-state index in [1.807, 2.05) is 97.2 Å². The third-order valence-electron chi connectivity index (χ3n) is 4.29. The Kier molecular flexibility index (Phi) is 4.01. The van der Waals surface area contributed by atoms with Crippen LogP contribution in [0.2, 0.25) is 0 Å². The van der Waals surface area contributed by atoms with Gasteiger partial charge >= 0.3 is 0 Å². The Bertz CT molecular complexity index is 1040. The van der Waals surface area contributed by atoms with Crippen LogP contribution in [0.25, 0.3) is 33.5 Å². The summed E-state index contributed by atoms with van der Waals surface area (Å²) in [6.07, 6.45) is 1.81. The van der Waals surface area contributed by atoms with E-state index in [4.69, 9.17) is 0 Å². The molecule has 0 unspecified atom stereocenters. The normalized spacial score (nSPS) is 10.6. The van der Waals surface area contributed by atoms with E-state index in [2.05, 4.69) is 4.98 Å². The smallest absolute Gasteiger partial charge is 0.197 e. The highest BCUT2D eigenvalue weighted by Crippen LogP contribution is 2.29. The zero-order chi connectivity index (χ0) is 17.1. The van der Waals surface area contributed by atoms with E-state index in [1.165, 1.54) is 0 Å². The fraction of sp³-hybridized carbons (Fsp3) is 0. The van der Waals surface area contributed by atoms with E-state index in [1.54, 1.807) is 0 Å². The first-order valence-corrected chi connectivity index (χ1v) is 8.26. The first-order valence-electron chi connectivity index (χ1n) is 8.26. The van der Waals surface area contributed by atoms with Crippen LogP contribution in [0.1, 0.15) is 0 Å². The average molecular weight is 323 g/mol. The summed E-state index contributed by atoms with van der Waals surface area (Å²) in [6.45, 7) is 0. The predicted molar refractivity (Wildman–Crippen MR) is 103 cm³/mol. The Hall–Kier alpha value is -3.39. The van der Waals surface area contributed by atoms with Gasteiger partial charge in [-0.15, -0.1) is 0 Å². The topological polar surface area (TPSA) is 32.9 Å². The zero-order valence-corrected chi connectivity index (χ0v) is 13.6. The van der Waals surface area contributed by atoms with Crippen LogP contribution < -0.4 is 5.43 Å². The molecule has 0 radical (unpaired) electrons. The lowest BCUT2D eigenvalue weighted by atomic mass is 9.95. The van der Waals surface area contributed by atoms with Crippen molar-refractivity contribution in [1.82, 2.24) is 4.98 Å². The molecule has 0 fully saturated rings. The molecule has 0 atom stereocenters. The summed E-state index contributed by atoms with van der Waals surface area (Å²) < 4.78 is 0. The van der Waals surface area contributed by atoms with Gasteiger partial charge in [-0.3, -0.25) is 4.79 Å². The average Bonchev–Trinajstić information content (AvgIpc) is 2.70. The number of hydrogen-bond acceptors (Lipinski definition) is 1. The Morgan fingerprint density at radius 2 is 1.04 bits per heavy atom. The molecule has 0 aliphatic heterocycles. The first kappa shape index (κ1) is 15.2. The zero-order valence-electron chi connectivity index (χ0n) is 13.6. The van der Waals surface area contributed by atoms with Crippen LogP contribution in [0.15, 0.2) is 102 Å². The Balaban J connectivity index is 2.01. The third kappa shape index (κ3) is 2.90. The lowest BCUT2D eigenvalue weighted by molar-refractivity contribution is 1.30. The van der Waals surface area contributed by atoms with Crippen molar-refractivity contribution in [3.05, 3.63) is 107 Å². The van der Waals surface area contributed by atoms with E-state index < -0.39 is 0 Å². The van der Waals surface area contributed by atoms with E-state index in [9.17, 15) is 4.79 Å². The van der Waals surface area contributed by atoms with Crippen LogP contribution >= 0.6 is 0 Å². The van der Waals surface area contributed by atoms with Crippen molar-refractivity contribution in [3.63, 3.8) is 0 Å². The van der Waals surface area contributed by atoms with Gasteiger partial charge in [-0.25, -0.2) is 0 Å². The summed E-state index contributed by atoms with van der Waals surface area (Å²) in [6, 6.07) is 29.6. The van der Waals surface area contributed by atoms with Crippen LogP contribution in [0, 0.1) is 0 Å². The Labute approximate surface area is 146 Å². The molecule has 0 bridgehead atoms. The maximum atomic E-state index is 13.3. The highest BCUT2D eigenvalue weighted by Gasteiger charge is 2.15. The highest BCUT2D eigenvalue weighted by molar-refractivity contribution is 5.84. The number of hydrogen-bond donors (Lipinski definition) is 1. The van der Waals surface area contributed by atoms with Gasteiger partial charge in [0.1, 0.15) is 0 Å². The van der Waals surface area contributed by atoms with Gasteiger partial charge in [0.2, 0.25) is 0 Å². The van der Waals surface area contributed by atoms with Gasteiger partial charge in [-0.1, -0.05) is 91.0 Å². The van der Waals surface area contributed by atoms with Crippen molar-refractivity contribution >= 4 is 0 Å². The van der Waals surface area contributed by atoms with Crippen LogP contribution in [-0.4, -0.2) is 4.98 Å². The second-order valence-corrected chi connectivity index (χ2v) is 5.88. The minimum absolute atomic E-state index is 0.0370. The molecule has 0 saturated carbocycles. The molecule has 120 valence electrons. The monoisotopic (exact) mass is 323 g/mol. The van der Waals surface area contributed by atoms with Crippen molar-refractivity contribution in [2.75, 3.05) is 0 Å². The summed E-state index contributed by atoms with van der Waals surface area (Å²) in [5.41, 5.74) is 5.10. The van der Waals surface area contributed by atoms with Crippen LogP contribution in [0.5, 0.6) is 0 Å². The molecule has 1 N–H and O–H groups in total. The summed E-state index contributed by atoms with van der Waals surface area (Å²) in [5, 5.41) is 0. The van der Waals surface area contributed by atoms with Gasteiger partial charge in [-0.2, -0.15) is 0 Å². The minimum Gasteiger partial charge on any atom is -0.360 e. The number of benzene rings is 3. The fourth-order valence-electron chi connectivity index (χ4n) is 3.08. The maximum Gasteiger partial charge on any atom is 0.197 e. The van der Waals surface area contributed by atoms with Crippen LogP contribution in [-0.2, 0) is 0 Å². The maximum absolute atomic E-state index is 13.3. The van der Waals surface area contributed by atoms with Gasteiger partial charge < -0.3 is 4.98 Å². The molecule has 0 aliphatic carbocycles. The fourth-order valence-corrected chi connectivity index (χ4v) is 3.08. The standard InChI is InChI=1S/C23H17NO/c25-23-20(17-10-4-1-5-11-17)16-24-22(19-14-8-3-9-15-19)21(23)18-12-6-2-7-13-18/h1-16H,(H,24,25). The largest absolute Gasteiger partial charge is 0.360 e. The lowest BCUT2D eigenvalue weighted by Gasteiger charge is -2.12. The molecule has 1 heterocycles. The van der Waals surface area contributed by atoms with E-state index in [-0.39, 0.29) is 5.43 Å².